The third-order valence-corrected chi connectivity index (χ3v) is 5.00. The van der Waals surface area contributed by atoms with Gasteiger partial charge in [-0.1, -0.05) is 28.1 Å². The van der Waals surface area contributed by atoms with Crippen LogP contribution < -0.4 is 15.4 Å². The Balaban J connectivity index is 1.40. The van der Waals surface area contributed by atoms with E-state index in [0.717, 1.165) is 22.9 Å². The van der Waals surface area contributed by atoms with E-state index in [1.807, 2.05) is 24.3 Å². The first-order valence-corrected chi connectivity index (χ1v) is 9.52. The van der Waals surface area contributed by atoms with Crippen LogP contribution in [0.3, 0.4) is 0 Å². The van der Waals surface area contributed by atoms with Gasteiger partial charge in [-0.15, -0.1) is 0 Å². The minimum Gasteiger partial charge on any atom is -0.497 e. The minimum atomic E-state index is -0.122. The lowest BCUT2D eigenvalue weighted by molar-refractivity contribution is -0.117. The Kier molecular flexibility index (Phi) is 6.29. The molecule has 0 heterocycles. The van der Waals surface area contributed by atoms with Gasteiger partial charge in [-0.25, -0.2) is 0 Å². The lowest BCUT2D eigenvalue weighted by Gasteiger charge is -2.36. The molecule has 1 fully saturated rings. The highest BCUT2D eigenvalue weighted by molar-refractivity contribution is 9.10. The summed E-state index contributed by atoms with van der Waals surface area (Å²) in [6.45, 7) is 0. The number of benzene rings is 2. The van der Waals surface area contributed by atoms with E-state index in [2.05, 4.69) is 26.6 Å². The van der Waals surface area contributed by atoms with Crippen LogP contribution in [0.15, 0.2) is 59.1 Å². The predicted molar refractivity (Wildman–Crippen MR) is 109 cm³/mol. The molecule has 0 aliphatic heterocycles. The topological polar surface area (TPSA) is 67.4 Å². The monoisotopic (exact) mass is 428 g/mol. The smallest absolute Gasteiger partial charge is 0.251 e. The second kappa shape index (κ2) is 8.86. The van der Waals surface area contributed by atoms with E-state index in [9.17, 15) is 9.59 Å². The van der Waals surface area contributed by atoms with Gasteiger partial charge in [-0.2, -0.15) is 0 Å². The van der Waals surface area contributed by atoms with E-state index in [1.54, 1.807) is 37.5 Å². The van der Waals surface area contributed by atoms with Crippen LogP contribution in [0.2, 0.25) is 0 Å². The van der Waals surface area contributed by atoms with Crippen molar-refractivity contribution in [3.63, 3.8) is 0 Å². The summed E-state index contributed by atoms with van der Waals surface area (Å²) in [5, 5.41) is 5.94. The van der Waals surface area contributed by atoms with E-state index >= 15 is 0 Å². The van der Waals surface area contributed by atoms with Crippen molar-refractivity contribution in [3.05, 3.63) is 70.2 Å². The second-order valence-electron chi connectivity index (χ2n) is 6.46. The van der Waals surface area contributed by atoms with Crippen LogP contribution in [0.25, 0.3) is 6.08 Å². The maximum atomic E-state index is 12.2. The van der Waals surface area contributed by atoms with Crippen molar-refractivity contribution in [1.29, 1.82) is 0 Å². The summed E-state index contributed by atoms with van der Waals surface area (Å²) in [6.07, 6.45) is 4.79. The first-order valence-electron chi connectivity index (χ1n) is 8.72. The molecule has 6 heteroatoms. The average Bonchev–Trinajstić information content (AvgIpc) is 2.65. The van der Waals surface area contributed by atoms with Crippen molar-refractivity contribution in [3.8, 4) is 5.75 Å². The fraction of sp³-hybridized carbons (Fsp3) is 0.238. The van der Waals surface area contributed by atoms with E-state index in [-0.39, 0.29) is 23.9 Å². The van der Waals surface area contributed by atoms with Gasteiger partial charge in [0.25, 0.3) is 5.91 Å². The van der Waals surface area contributed by atoms with Gasteiger partial charge in [0.05, 0.1) is 7.11 Å². The summed E-state index contributed by atoms with van der Waals surface area (Å²) in [5.74, 6) is 0.486. The number of methoxy groups -OCH3 is 1. The fourth-order valence-corrected chi connectivity index (χ4v) is 3.12. The van der Waals surface area contributed by atoms with E-state index < -0.39 is 0 Å². The Labute approximate surface area is 166 Å². The average molecular weight is 429 g/mol. The molecule has 0 spiro atoms. The van der Waals surface area contributed by atoms with Gasteiger partial charge >= 0.3 is 0 Å². The van der Waals surface area contributed by atoms with Gasteiger partial charge in [-0.3, -0.25) is 9.59 Å². The number of halogens is 1. The lowest BCUT2D eigenvalue weighted by Crippen LogP contribution is -2.53. The first-order chi connectivity index (χ1) is 13.0. The molecular weight excluding hydrogens is 408 g/mol. The molecule has 0 aromatic heterocycles. The van der Waals surface area contributed by atoms with Gasteiger partial charge in [0.15, 0.2) is 0 Å². The van der Waals surface area contributed by atoms with Gasteiger partial charge in [0.2, 0.25) is 5.91 Å². The highest BCUT2D eigenvalue weighted by Gasteiger charge is 2.31. The van der Waals surface area contributed by atoms with Crippen molar-refractivity contribution in [2.24, 2.45) is 0 Å². The highest BCUT2D eigenvalue weighted by Crippen LogP contribution is 2.21. The Hall–Kier alpha value is -2.60. The van der Waals surface area contributed by atoms with Crippen molar-refractivity contribution >= 4 is 33.8 Å². The quantitative estimate of drug-likeness (QED) is 0.691. The molecular formula is C21H21BrN2O3. The largest absolute Gasteiger partial charge is 0.497 e. The normalized spacial score (nSPS) is 18.6. The van der Waals surface area contributed by atoms with Crippen LogP contribution in [-0.4, -0.2) is 31.0 Å². The van der Waals surface area contributed by atoms with Crippen molar-refractivity contribution < 1.29 is 14.3 Å². The highest BCUT2D eigenvalue weighted by atomic mass is 79.9. The fourth-order valence-electron chi connectivity index (χ4n) is 2.86. The molecule has 0 atom stereocenters. The van der Waals surface area contributed by atoms with Crippen LogP contribution in [-0.2, 0) is 4.79 Å². The zero-order valence-electron chi connectivity index (χ0n) is 14.9. The molecule has 5 nitrogen and oxygen atoms in total. The zero-order valence-corrected chi connectivity index (χ0v) is 16.5. The molecule has 0 saturated heterocycles. The third kappa shape index (κ3) is 5.44. The zero-order chi connectivity index (χ0) is 19.2. The summed E-state index contributed by atoms with van der Waals surface area (Å²) in [7, 11) is 1.59. The van der Waals surface area contributed by atoms with Crippen molar-refractivity contribution in [2.45, 2.75) is 24.9 Å². The molecule has 2 aromatic carbocycles. The summed E-state index contributed by atoms with van der Waals surface area (Å²) in [4.78, 5) is 24.2. The Morgan fingerprint density at radius 1 is 1.00 bits per heavy atom. The molecule has 3 rings (SSSR count). The van der Waals surface area contributed by atoms with Crippen molar-refractivity contribution in [2.75, 3.05) is 7.11 Å². The number of hydrogen-bond donors (Lipinski definition) is 2. The van der Waals surface area contributed by atoms with Gasteiger partial charge in [0.1, 0.15) is 5.75 Å². The number of nitrogens with one attached hydrogen (secondary N) is 2. The van der Waals surface area contributed by atoms with Gasteiger partial charge in [-0.05, 0) is 60.9 Å². The predicted octanol–water partition coefficient (Wildman–Crippen LogP) is 3.55. The molecule has 140 valence electrons. The first kappa shape index (κ1) is 19.2. The Morgan fingerprint density at radius 3 is 2.26 bits per heavy atom. The molecule has 0 unspecified atom stereocenters. The molecule has 1 saturated carbocycles. The van der Waals surface area contributed by atoms with Gasteiger partial charge in [0, 0.05) is 28.2 Å². The molecule has 2 aromatic rings. The van der Waals surface area contributed by atoms with Crippen LogP contribution in [0.4, 0.5) is 0 Å². The molecule has 1 aliphatic rings. The summed E-state index contributed by atoms with van der Waals surface area (Å²) < 4.78 is 6.09. The number of amides is 2. The third-order valence-electron chi connectivity index (χ3n) is 4.47. The lowest BCUT2D eigenvalue weighted by atomic mass is 9.86. The Morgan fingerprint density at radius 2 is 1.63 bits per heavy atom. The maximum Gasteiger partial charge on any atom is 0.251 e. The second-order valence-corrected chi connectivity index (χ2v) is 7.38. The van der Waals surface area contributed by atoms with E-state index in [1.165, 1.54) is 6.08 Å². The molecule has 27 heavy (non-hydrogen) atoms. The maximum absolute atomic E-state index is 12.2. The molecule has 0 radical (unpaired) electrons. The van der Waals surface area contributed by atoms with Crippen LogP contribution in [0.1, 0.15) is 28.8 Å². The molecule has 2 amide bonds. The number of carbonyl (C=O) groups is 2. The van der Waals surface area contributed by atoms with E-state index in [0.29, 0.717) is 11.3 Å². The minimum absolute atomic E-state index is 0.0837. The molecule has 0 bridgehead atoms. The number of carbonyl (C=O) groups excluding carboxylic acids is 2. The number of rotatable bonds is 6. The SMILES string of the molecule is COc1ccc(C(=O)NC2CC(NC(=O)/C=C/c3ccc(Br)cc3)C2)cc1. The molecule has 2 N–H and O–H groups in total. The summed E-state index contributed by atoms with van der Waals surface area (Å²) >= 11 is 3.38. The number of ether oxygens (including phenoxy) is 1. The standard InChI is InChI=1S/C21H21BrN2O3/c1-27-19-9-5-15(6-10-19)21(26)24-18-12-17(13-18)23-20(25)11-4-14-2-7-16(22)8-3-14/h2-11,17-18H,12-13H2,1H3,(H,23,25)(H,24,26)/b11-4+. The molecule has 1 aliphatic carbocycles. The van der Waals surface area contributed by atoms with Crippen LogP contribution >= 0.6 is 15.9 Å². The van der Waals surface area contributed by atoms with Crippen molar-refractivity contribution in [1.82, 2.24) is 10.6 Å². The van der Waals surface area contributed by atoms with Gasteiger partial charge < -0.3 is 15.4 Å². The Bertz CT molecular complexity index is 826. The summed E-state index contributed by atoms with van der Waals surface area (Å²) in [5.41, 5.74) is 1.56. The summed E-state index contributed by atoms with van der Waals surface area (Å²) in [6, 6.07) is 14.9. The van der Waals surface area contributed by atoms with Crippen LogP contribution in [0.5, 0.6) is 5.75 Å². The van der Waals surface area contributed by atoms with E-state index in [4.69, 9.17) is 4.74 Å². The van der Waals surface area contributed by atoms with Crippen LogP contribution in [0, 0.1) is 0 Å². The number of hydrogen-bond acceptors (Lipinski definition) is 3.